The van der Waals surface area contributed by atoms with E-state index >= 15 is 0 Å². The van der Waals surface area contributed by atoms with Gasteiger partial charge in [-0.05, 0) is 25.8 Å². The summed E-state index contributed by atoms with van der Waals surface area (Å²) in [5.74, 6) is -0.643. The first kappa shape index (κ1) is 10.5. The van der Waals surface area contributed by atoms with E-state index in [9.17, 15) is 9.90 Å². The largest absolute Gasteiger partial charge is 0.481 e. The molecule has 1 aliphatic rings. The predicted octanol–water partition coefficient (Wildman–Crippen LogP) is 0.164. The van der Waals surface area contributed by atoms with Gasteiger partial charge >= 0.3 is 5.97 Å². The lowest BCUT2D eigenvalue weighted by molar-refractivity contribution is -0.137. The predicted molar refractivity (Wildman–Crippen MR) is 48.5 cm³/mol. The second kappa shape index (κ2) is 4.58. The Kier molecular flexibility index (Phi) is 3.69. The number of likely N-dealkylation sites (tertiary alicyclic amines) is 1. The Morgan fingerprint density at radius 2 is 2.31 bits per heavy atom. The van der Waals surface area contributed by atoms with Crippen LogP contribution in [0.5, 0.6) is 0 Å². The number of aliphatic hydroxyl groups is 1. The summed E-state index contributed by atoms with van der Waals surface area (Å²) in [6, 6.07) is 0. The van der Waals surface area contributed by atoms with Gasteiger partial charge in [-0.1, -0.05) is 0 Å². The van der Waals surface area contributed by atoms with Crippen molar-refractivity contribution >= 4 is 5.97 Å². The van der Waals surface area contributed by atoms with E-state index < -0.39 is 5.97 Å². The molecule has 0 saturated carbocycles. The molecule has 1 aliphatic heterocycles. The van der Waals surface area contributed by atoms with Gasteiger partial charge in [0.2, 0.25) is 0 Å². The molecular formula is C9H17NO3. The summed E-state index contributed by atoms with van der Waals surface area (Å²) in [6.45, 7) is 1.72. The summed E-state index contributed by atoms with van der Waals surface area (Å²) in [4.78, 5) is 12.5. The van der Waals surface area contributed by atoms with Crippen molar-refractivity contribution in [3.05, 3.63) is 0 Å². The molecule has 0 bridgehead atoms. The van der Waals surface area contributed by atoms with E-state index in [0.717, 1.165) is 19.5 Å². The Bertz CT molecular complexity index is 184. The molecule has 1 rings (SSSR count). The number of carboxylic acid groups (broad SMARTS) is 1. The summed E-state index contributed by atoms with van der Waals surface area (Å²) in [5, 5.41) is 18.1. The molecule has 0 unspecified atom stereocenters. The van der Waals surface area contributed by atoms with Crippen LogP contribution in [0.25, 0.3) is 0 Å². The van der Waals surface area contributed by atoms with Crippen LogP contribution in [0.4, 0.5) is 0 Å². The van der Waals surface area contributed by atoms with Gasteiger partial charge in [-0.15, -0.1) is 0 Å². The highest BCUT2D eigenvalue weighted by atomic mass is 16.4. The van der Waals surface area contributed by atoms with E-state index in [-0.39, 0.29) is 18.4 Å². The zero-order valence-electron chi connectivity index (χ0n) is 7.94. The van der Waals surface area contributed by atoms with Gasteiger partial charge < -0.3 is 15.1 Å². The van der Waals surface area contributed by atoms with Crippen molar-refractivity contribution in [2.45, 2.75) is 25.4 Å². The molecule has 1 fully saturated rings. The lowest BCUT2D eigenvalue weighted by Gasteiger charge is -2.33. The van der Waals surface area contributed by atoms with E-state index in [1.807, 2.05) is 7.05 Å². The average molecular weight is 187 g/mol. The normalized spacial score (nSPS) is 30.3. The zero-order valence-corrected chi connectivity index (χ0v) is 7.94. The third-order valence-electron chi connectivity index (χ3n) is 2.63. The van der Waals surface area contributed by atoms with E-state index in [0.29, 0.717) is 6.42 Å². The molecule has 0 radical (unpaired) electrons. The van der Waals surface area contributed by atoms with Crippen LogP contribution in [0.15, 0.2) is 0 Å². The first-order valence-corrected chi connectivity index (χ1v) is 4.68. The summed E-state index contributed by atoms with van der Waals surface area (Å²) < 4.78 is 0. The van der Waals surface area contributed by atoms with E-state index in [1.165, 1.54) is 0 Å². The molecule has 76 valence electrons. The molecule has 0 amide bonds. The van der Waals surface area contributed by atoms with Gasteiger partial charge in [-0.2, -0.15) is 0 Å². The Morgan fingerprint density at radius 3 is 2.92 bits per heavy atom. The minimum Gasteiger partial charge on any atom is -0.481 e. The Balaban J connectivity index is 2.33. The number of carbonyl (C=O) groups is 1. The number of hydrogen-bond acceptors (Lipinski definition) is 3. The van der Waals surface area contributed by atoms with Gasteiger partial charge in [-0.3, -0.25) is 4.79 Å². The van der Waals surface area contributed by atoms with Crippen LogP contribution in [0.3, 0.4) is 0 Å². The monoisotopic (exact) mass is 187 g/mol. The maximum absolute atomic E-state index is 10.3. The molecule has 2 atom stereocenters. The fourth-order valence-corrected chi connectivity index (χ4v) is 1.79. The first-order valence-electron chi connectivity index (χ1n) is 4.68. The Labute approximate surface area is 78.2 Å². The first-order chi connectivity index (χ1) is 6.09. The smallest absolute Gasteiger partial charge is 0.303 e. The summed E-state index contributed by atoms with van der Waals surface area (Å²) >= 11 is 0. The third kappa shape index (κ3) is 3.32. The second-order valence-electron chi connectivity index (χ2n) is 3.81. The van der Waals surface area contributed by atoms with Crippen molar-refractivity contribution in [2.75, 3.05) is 20.1 Å². The molecular weight excluding hydrogens is 170 g/mol. The van der Waals surface area contributed by atoms with E-state index in [1.54, 1.807) is 0 Å². The maximum atomic E-state index is 10.3. The lowest BCUT2D eigenvalue weighted by atomic mass is 9.91. The quantitative estimate of drug-likeness (QED) is 0.661. The molecule has 2 N–H and O–H groups in total. The molecule has 4 nitrogen and oxygen atoms in total. The fraction of sp³-hybridized carbons (Fsp3) is 0.889. The number of rotatable bonds is 3. The SMILES string of the molecule is CN1CC[C@H](O)[C@@H](CCC(=O)O)C1. The number of aliphatic carboxylic acids is 1. The summed E-state index contributed by atoms with van der Waals surface area (Å²) in [5.41, 5.74) is 0. The standard InChI is InChI=1S/C9H17NO3/c1-10-5-4-8(11)7(6-10)2-3-9(12)13/h7-8,11H,2-6H2,1H3,(H,12,13)/t7-,8-/m0/s1. The van der Waals surface area contributed by atoms with Gasteiger partial charge in [0.05, 0.1) is 6.10 Å². The molecule has 1 heterocycles. The lowest BCUT2D eigenvalue weighted by Crippen LogP contribution is -2.41. The van der Waals surface area contributed by atoms with Crippen molar-refractivity contribution in [3.63, 3.8) is 0 Å². The van der Waals surface area contributed by atoms with Crippen LogP contribution in [0, 0.1) is 5.92 Å². The van der Waals surface area contributed by atoms with Crippen LogP contribution in [0.2, 0.25) is 0 Å². The molecule has 0 aliphatic carbocycles. The van der Waals surface area contributed by atoms with Gasteiger partial charge in [0.1, 0.15) is 0 Å². The Morgan fingerprint density at radius 1 is 1.62 bits per heavy atom. The molecule has 0 spiro atoms. The zero-order chi connectivity index (χ0) is 9.84. The number of hydrogen-bond donors (Lipinski definition) is 2. The van der Waals surface area contributed by atoms with Gasteiger partial charge in [0.15, 0.2) is 0 Å². The molecule has 0 aromatic rings. The van der Waals surface area contributed by atoms with Crippen molar-refractivity contribution in [3.8, 4) is 0 Å². The fourth-order valence-electron chi connectivity index (χ4n) is 1.79. The average Bonchev–Trinajstić information content (AvgIpc) is 2.06. The van der Waals surface area contributed by atoms with Crippen molar-refractivity contribution < 1.29 is 15.0 Å². The van der Waals surface area contributed by atoms with Crippen molar-refractivity contribution in [2.24, 2.45) is 5.92 Å². The number of aliphatic hydroxyl groups excluding tert-OH is 1. The van der Waals surface area contributed by atoms with Crippen LogP contribution < -0.4 is 0 Å². The highest BCUT2D eigenvalue weighted by molar-refractivity contribution is 5.66. The molecule has 1 saturated heterocycles. The van der Waals surface area contributed by atoms with Gasteiger partial charge in [0, 0.05) is 19.5 Å². The van der Waals surface area contributed by atoms with Gasteiger partial charge in [-0.25, -0.2) is 0 Å². The maximum Gasteiger partial charge on any atom is 0.303 e. The topological polar surface area (TPSA) is 60.8 Å². The molecule has 4 heteroatoms. The van der Waals surface area contributed by atoms with Crippen LogP contribution in [-0.4, -0.2) is 47.3 Å². The van der Waals surface area contributed by atoms with Gasteiger partial charge in [0.25, 0.3) is 0 Å². The molecule has 13 heavy (non-hydrogen) atoms. The van der Waals surface area contributed by atoms with Crippen molar-refractivity contribution in [1.82, 2.24) is 4.90 Å². The van der Waals surface area contributed by atoms with Crippen molar-refractivity contribution in [1.29, 1.82) is 0 Å². The van der Waals surface area contributed by atoms with Crippen LogP contribution in [0.1, 0.15) is 19.3 Å². The summed E-state index contributed by atoms with van der Waals surface area (Å²) in [7, 11) is 2.00. The van der Waals surface area contributed by atoms with E-state index in [4.69, 9.17) is 5.11 Å². The molecule has 0 aromatic heterocycles. The van der Waals surface area contributed by atoms with E-state index in [2.05, 4.69) is 4.90 Å². The highest BCUT2D eigenvalue weighted by Gasteiger charge is 2.25. The third-order valence-corrected chi connectivity index (χ3v) is 2.63. The number of carboxylic acids is 1. The summed E-state index contributed by atoms with van der Waals surface area (Å²) in [6.07, 6.45) is 1.20. The molecule has 0 aromatic carbocycles. The van der Waals surface area contributed by atoms with Crippen LogP contribution in [-0.2, 0) is 4.79 Å². The minimum atomic E-state index is -0.777. The highest BCUT2D eigenvalue weighted by Crippen LogP contribution is 2.20. The second-order valence-corrected chi connectivity index (χ2v) is 3.81. The van der Waals surface area contributed by atoms with Crippen LogP contribution >= 0.6 is 0 Å². The number of piperidine rings is 1. The Hall–Kier alpha value is -0.610. The minimum absolute atomic E-state index is 0.134. The number of nitrogens with zero attached hydrogens (tertiary/aromatic N) is 1.